The van der Waals surface area contributed by atoms with Crippen molar-refractivity contribution in [2.75, 3.05) is 12.3 Å². The zero-order valence-electron chi connectivity index (χ0n) is 10.8. The number of aliphatic hydroxyl groups is 1. The molecule has 1 fully saturated rings. The van der Waals surface area contributed by atoms with Crippen molar-refractivity contribution in [3.63, 3.8) is 0 Å². The molecule has 20 heavy (non-hydrogen) atoms. The molecule has 0 bridgehead atoms. The molecule has 1 aliphatic carbocycles. The minimum Gasteiger partial charge on any atom is -0.397 e. The van der Waals surface area contributed by atoms with Crippen molar-refractivity contribution in [1.82, 2.24) is 5.32 Å². The van der Waals surface area contributed by atoms with Gasteiger partial charge in [0.05, 0.1) is 17.8 Å². The van der Waals surface area contributed by atoms with E-state index in [9.17, 15) is 14.3 Å². The number of nitrogens with one attached hydrogen (secondary N) is 1. The van der Waals surface area contributed by atoms with E-state index in [1.165, 1.54) is 23.5 Å². The lowest BCUT2D eigenvalue weighted by Crippen LogP contribution is -2.56. The Morgan fingerprint density at radius 1 is 1.50 bits per heavy atom. The van der Waals surface area contributed by atoms with Gasteiger partial charge in [0.2, 0.25) is 0 Å². The van der Waals surface area contributed by atoms with Crippen LogP contribution in [0, 0.1) is 5.82 Å². The molecule has 1 heterocycles. The summed E-state index contributed by atoms with van der Waals surface area (Å²) in [6, 6.07) is 4.30. The second kappa shape index (κ2) is 4.71. The van der Waals surface area contributed by atoms with Crippen molar-refractivity contribution < 1.29 is 14.3 Å². The first-order valence-corrected chi connectivity index (χ1v) is 7.27. The maximum Gasteiger partial charge on any atom is 0.264 e. The number of fused-ring (bicyclic) bond motifs is 1. The largest absolute Gasteiger partial charge is 0.397 e. The number of nitrogens with two attached hydrogens (primary N) is 1. The van der Waals surface area contributed by atoms with Crippen LogP contribution in [0.5, 0.6) is 0 Å². The fourth-order valence-electron chi connectivity index (χ4n) is 2.48. The molecule has 1 aromatic carbocycles. The van der Waals surface area contributed by atoms with Crippen LogP contribution in [0.25, 0.3) is 10.1 Å². The van der Waals surface area contributed by atoms with Crippen molar-refractivity contribution in [2.24, 2.45) is 0 Å². The highest BCUT2D eigenvalue weighted by atomic mass is 32.1. The summed E-state index contributed by atoms with van der Waals surface area (Å²) in [6.45, 7) is -0.0713. The lowest BCUT2D eigenvalue weighted by atomic mass is 9.77. The lowest BCUT2D eigenvalue weighted by Gasteiger charge is -2.40. The summed E-state index contributed by atoms with van der Waals surface area (Å²) in [6.07, 6.45) is 2.54. The smallest absolute Gasteiger partial charge is 0.264 e. The minimum atomic E-state index is -0.509. The highest BCUT2D eigenvalue weighted by molar-refractivity contribution is 7.21. The van der Waals surface area contributed by atoms with Gasteiger partial charge in [0.15, 0.2) is 0 Å². The van der Waals surface area contributed by atoms with Crippen LogP contribution < -0.4 is 11.1 Å². The molecule has 3 rings (SSSR count). The fraction of sp³-hybridized carbons (Fsp3) is 0.357. The normalized spacial score (nSPS) is 16.9. The van der Waals surface area contributed by atoms with Crippen molar-refractivity contribution in [2.45, 2.75) is 24.8 Å². The van der Waals surface area contributed by atoms with Crippen molar-refractivity contribution >= 4 is 33.0 Å². The number of hydrogen-bond acceptors (Lipinski definition) is 4. The summed E-state index contributed by atoms with van der Waals surface area (Å²) in [7, 11) is 0. The average Bonchev–Trinajstić information content (AvgIpc) is 2.71. The van der Waals surface area contributed by atoms with E-state index in [1.54, 1.807) is 6.07 Å². The maximum atomic E-state index is 13.2. The van der Waals surface area contributed by atoms with Gasteiger partial charge in [0, 0.05) is 10.1 Å². The van der Waals surface area contributed by atoms with E-state index < -0.39 is 5.54 Å². The minimum absolute atomic E-state index is 0.0713. The predicted molar refractivity (Wildman–Crippen MR) is 77.3 cm³/mol. The molecule has 0 unspecified atom stereocenters. The van der Waals surface area contributed by atoms with Gasteiger partial charge in [-0.05, 0) is 37.5 Å². The second-order valence-corrected chi connectivity index (χ2v) is 6.28. The molecule has 0 radical (unpaired) electrons. The van der Waals surface area contributed by atoms with Gasteiger partial charge in [-0.15, -0.1) is 11.3 Å². The van der Waals surface area contributed by atoms with Crippen LogP contribution in [0.1, 0.15) is 28.9 Å². The van der Waals surface area contributed by atoms with E-state index in [2.05, 4.69) is 5.32 Å². The van der Waals surface area contributed by atoms with Gasteiger partial charge in [-0.3, -0.25) is 4.79 Å². The third kappa shape index (κ3) is 2.05. The van der Waals surface area contributed by atoms with Crippen molar-refractivity contribution in [1.29, 1.82) is 0 Å². The molecule has 4 nitrogen and oxygen atoms in total. The van der Waals surface area contributed by atoms with E-state index >= 15 is 0 Å². The van der Waals surface area contributed by atoms with Crippen LogP contribution in [0.3, 0.4) is 0 Å². The number of halogens is 1. The molecule has 0 saturated heterocycles. The Bertz CT molecular complexity index is 674. The number of thiophene rings is 1. The van der Waals surface area contributed by atoms with Gasteiger partial charge < -0.3 is 16.2 Å². The molecule has 1 saturated carbocycles. The van der Waals surface area contributed by atoms with Crippen LogP contribution >= 0.6 is 11.3 Å². The Morgan fingerprint density at radius 2 is 2.25 bits per heavy atom. The molecular formula is C14H15FN2O2S. The summed E-state index contributed by atoms with van der Waals surface area (Å²) in [4.78, 5) is 12.7. The number of carbonyl (C=O) groups is 1. The summed E-state index contributed by atoms with van der Waals surface area (Å²) in [5, 5.41) is 12.8. The maximum absolute atomic E-state index is 13.2. The summed E-state index contributed by atoms with van der Waals surface area (Å²) < 4.78 is 14.0. The van der Waals surface area contributed by atoms with E-state index in [1.807, 2.05) is 0 Å². The summed E-state index contributed by atoms with van der Waals surface area (Å²) >= 11 is 1.24. The average molecular weight is 294 g/mol. The lowest BCUT2D eigenvalue weighted by molar-refractivity contribution is 0.0646. The van der Waals surface area contributed by atoms with Gasteiger partial charge >= 0.3 is 0 Å². The van der Waals surface area contributed by atoms with Crippen LogP contribution in [0.15, 0.2) is 18.2 Å². The number of amides is 1. The monoisotopic (exact) mass is 294 g/mol. The highest BCUT2D eigenvalue weighted by Gasteiger charge is 2.38. The molecular weight excluding hydrogens is 279 g/mol. The Labute approximate surface area is 119 Å². The van der Waals surface area contributed by atoms with Crippen LogP contribution in [-0.4, -0.2) is 23.2 Å². The highest BCUT2D eigenvalue weighted by Crippen LogP contribution is 2.36. The molecule has 4 N–H and O–H groups in total. The molecule has 0 atom stereocenters. The Balaban J connectivity index is 1.93. The first-order chi connectivity index (χ1) is 9.54. The van der Waals surface area contributed by atoms with Crippen LogP contribution in [0.2, 0.25) is 0 Å². The van der Waals surface area contributed by atoms with E-state index in [4.69, 9.17) is 5.73 Å². The standard InChI is InChI=1S/C14H15FN2O2S/c15-8-2-3-10-9(6-8)11(16)12(20-10)13(19)17-14(7-18)4-1-5-14/h2-3,6,18H,1,4-5,7,16H2,(H,17,19). The molecule has 1 aromatic heterocycles. The van der Waals surface area contributed by atoms with Gasteiger partial charge in [-0.1, -0.05) is 0 Å². The Hall–Kier alpha value is -1.66. The van der Waals surface area contributed by atoms with Crippen molar-refractivity contribution in [3.05, 3.63) is 28.9 Å². The molecule has 2 aromatic rings. The number of rotatable bonds is 3. The topological polar surface area (TPSA) is 75.4 Å². The number of anilines is 1. The number of carbonyl (C=O) groups excluding carboxylic acids is 1. The molecule has 1 aliphatic rings. The third-order valence-electron chi connectivity index (χ3n) is 3.89. The molecule has 106 valence electrons. The first kappa shape index (κ1) is 13.3. The van der Waals surface area contributed by atoms with Crippen LogP contribution in [0.4, 0.5) is 10.1 Å². The zero-order chi connectivity index (χ0) is 14.3. The predicted octanol–water partition coefficient (Wildman–Crippen LogP) is 2.27. The molecule has 1 amide bonds. The van der Waals surface area contributed by atoms with E-state index in [0.29, 0.717) is 16.0 Å². The van der Waals surface area contributed by atoms with E-state index in [-0.39, 0.29) is 18.3 Å². The Morgan fingerprint density at radius 3 is 2.85 bits per heavy atom. The third-order valence-corrected chi connectivity index (χ3v) is 5.07. The molecule has 0 aliphatic heterocycles. The zero-order valence-corrected chi connectivity index (χ0v) is 11.6. The summed E-state index contributed by atoms with van der Waals surface area (Å²) in [5.74, 6) is -0.669. The molecule has 6 heteroatoms. The fourth-order valence-corrected chi connectivity index (χ4v) is 3.48. The number of hydrogen-bond donors (Lipinski definition) is 3. The summed E-state index contributed by atoms with van der Waals surface area (Å²) in [5.41, 5.74) is 5.74. The van der Waals surface area contributed by atoms with E-state index in [0.717, 1.165) is 24.0 Å². The van der Waals surface area contributed by atoms with Crippen LogP contribution in [-0.2, 0) is 0 Å². The number of benzene rings is 1. The van der Waals surface area contributed by atoms with Gasteiger partial charge in [-0.2, -0.15) is 0 Å². The van der Waals surface area contributed by atoms with Gasteiger partial charge in [0.1, 0.15) is 10.7 Å². The SMILES string of the molecule is Nc1c(C(=O)NC2(CO)CCC2)sc2ccc(F)cc12. The molecule has 0 spiro atoms. The first-order valence-electron chi connectivity index (χ1n) is 6.45. The van der Waals surface area contributed by atoms with Gasteiger partial charge in [-0.25, -0.2) is 4.39 Å². The van der Waals surface area contributed by atoms with Crippen molar-refractivity contribution in [3.8, 4) is 0 Å². The quantitative estimate of drug-likeness (QED) is 0.813. The number of aliphatic hydroxyl groups excluding tert-OH is 1. The number of nitrogen functional groups attached to an aromatic ring is 1. The second-order valence-electron chi connectivity index (χ2n) is 5.23. The Kier molecular flexibility index (Phi) is 3.14. The van der Waals surface area contributed by atoms with Gasteiger partial charge in [0.25, 0.3) is 5.91 Å².